The lowest BCUT2D eigenvalue weighted by Crippen LogP contribution is -2.52. The van der Waals surface area contributed by atoms with Crippen LogP contribution in [0.3, 0.4) is 0 Å². The van der Waals surface area contributed by atoms with Gasteiger partial charge in [0.2, 0.25) is 0 Å². The summed E-state index contributed by atoms with van der Waals surface area (Å²) in [5.74, 6) is -1.37. The number of hydrogen-bond acceptors (Lipinski definition) is 6. The normalized spacial score (nSPS) is 16.5. The van der Waals surface area contributed by atoms with E-state index >= 15 is 0 Å². The number of halogens is 1. The molecule has 2 heterocycles. The number of nitrogens with zero attached hydrogens (tertiary/aromatic N) is 2. The number of hydrogen-bond donors (Lipinski definition) is 2. The third-order valence-electron chi connectivity index (χ3n) is 4.73. The molecule has 0 radical (unpaired) electrons. The second-order valence-electron chi connectivity index (χ2n) is 6.47. The Bertz CT molecular complexity index is 916. The van der Waals surface area contributed by atoms with Crippen LogP contribution in [0.5, 0.6) is 0 Å². The van der Waals surface area contributed by atoms with Gasteiger partial charge >= 0.3 is 18.0 Å². The highest BCUT2D eigenvalue weighted by Gasteiger charge is 2.36. The Balaban J connectivity index is 1.89. The van der Waals surface area contributed by atoms with Crippen LogP contribution in [0.1, 0.15) is 29.4 Å². The number of aromatic nitrogens is 2. The van der Waals surface area contributed by atoms with Crippen molar-refractivity contribution in [2.75, 3.05) is 20.8 Å². The number of imidazole rings is 1. The van der Waals surface area contributed by atoms with Crippen LogP contribution in [-0.2, 0) is 25.5 Å². The summed E-state index contributed by atoms with van der Waals surface area (Å²) >= 11 is 6.15. The van der Waals surface area contributed by atoms with Gasteiger partial charge in [-0.1, -0.05) is 23.7 Å². The SMILES string of the molecule is COC(=O)C[C@@H](NC(=O)N1CCc2[nH]cnc2[C@@H]1c1cccc(Cl)c1)C(=O)OC. The Morgan fingerprint density at radius 1 is 1.34 bits per heavy atom. The number of rotatable bonds is 5. The summed E-state index contributed by atoms with van der Waals surface area (Å²) in [5, 5.41) is 3.11. The summed E-state index contributed by atoms with van der Waals surface area (Å²) in [4.78, 5) is 45.8. The number of benzene rings is 1. The minimum Gasteiger partial charge on any atom is -0.469 e. The van der Waals surface area contributed by atoms with Gasteiger partial charge in [0.25, 0.3) is 0 Å². The number of urea groups is 1. The number of ether oxygens (including phenoxy) is 2. The van der Waals surface area contributed by atoms with Crippen molar-refractivity contribution in [1.82, 2.24) is 20.2 Å². The number of H-pyrrole nitrogens is 1. The molecule has 0 saturated heterocycles. The van der Waals surface area contributed by atoms with E-state index in [2.05, 4.69) is 20.0 Å². The molecule has 9 nitrogen and oxygen atoms in total. The van der Waals surface area contributed by atoms with Gasteiger partial charge in [-0.25, -0.2) is 14.6 Å². The Morgan fingerprint density at radius 2 is 2.14 bits per heavy atom. The van der Waals surface area contributed by atoms with Gasteiger partial charge in [0.05, 0.1) is 32.7 Å². The van der Waals surface area contributed by atoms with E-state index in [4.69, 9.17) is 16.3 Å². The molecule has 0 bridgehead atoms. The van der Waals surface area contributed by atoms with E-state index < -0.39 is 30.1 Å². The number of carbonyl (C=O) groups excluding carboxylic acids is 3. The predicted octanol–water partition coefficient (Wildman–Crippen LogP) is 1.82. The highest BCUT2D eigenvalue weighted by molar-refractivity contribution is 6.30. The minimum atomic E-state index is -1.17. The smallest absolute Gasteiger partial charge is 0.329 e. The van der Waals surface area contributed by atoms with E-state index in [1.54, 1.807) is 29.4 Å². The van der Waals surface area contributed by atoms with Crippen LogP contribution in [0.15, 0.2) is 30.6 Å². The Hall–Kier alpha value is -3.07. The maximum absolute atomic E-state index is 13.1. The van der Waals surface area contributed by atoms with Crippen LogP contribution in [0.25, 0.3) is 0 Å². The summed E-state index contributed by atoms with van der Waals surface area (Å²) in [7, 11) is 2.39. The molecule has 1 aliphatic heterocycles. The van der Waals surface area contributed by atoms with Crippen molar-refractivity contribution < 1.29 is 23.9 Å². The van der Waals surface area contributed by atoms with E-state index in [0.29, 0.717) is 23.7 Å². The Kier molecular flexibility index (Phi) is 6.38. The molecule has 1 aromatic heterocycles. The van der Waals surface area contributed by atoms with Gasteiger partial charge in [-0.2, -0.15) is 0 Å². The first-order valence-corrected chi connectivity index (χ1v) is 9.31. The molecule has 2 atom stereocenters. The highest BCUT2D eigenvalue weighted by Crippen LogP contribution is 2.34. The predicted molar refractivity (Wildman–Crippen MR) is 103 cm³/mol. The van der Waals surface area contributed by atoms with Gasteiger partial charge in [-0.3, -0.25) is 4.79 Å². The Labute approximate surface area is 172 Å². The number of amides is 2. The first-order valence-electron chi connectivity index (χ1n) is 8.94. The number of esters is 2. The van der Waals surface area contributed by atoms with Crippen LogP contribution in [0, 0.1) is 0 Å². The van der Waals surface area contributed by atoms with Crippen molar-refractivity contribution in [3.63, 3.8) is 0 Å². The van der Waals surface area contributed by atoms with Gasteiger partial charge < -0.3 is 24.7 Å². The molecule has 29 heavy (non-hydrogen) atoms. The van der Waals surface area contributed by atoms with E-state index in [9.17, 15) is 14.4 Å². The summed E-state index contributed by atoms with van der Waals surface area (Å²) in [6, 6.07) is 4.97. The second-order valence-corrected chi connectivity index (χ2v) is 6.91. The van der Waals surface area contributed by atoms with Crippen LogP contribution < -0.4 is 5.32 Å². The Morgan fingerprint density at radius 3 is 2.83 bits per heavy atom. The number of carbonyl (C=O) groups is 3. The standard InChI is InChI=1S/C19H21ClN4O5/c1-28-15(25)9-14(18(26)29-2)23-19(27)24-7-6-13-16(22-10-21-13)17(24)11-4-3-5-12(20)8-11/h3-5,8,10,14,17H,6-7,9H2,1-2H3,(H,21,22)(H,23,27)/t14-,17+/m1/s1. The van der Waals surface area contributed by atoms with Crippen LogP contribution in [-0.4, -0.2) is 59.6 Å². The van der Waals surface area contributed by atoms with Crippen molar-refractivity contribution in [1.29, 1.82) is 0 Å². The number of methoxy groups -OCH3 is 2. The zero-order valence-corrected chi connectivity index (χ0v) is 16.7. The maximum Gasteiger partial charge on any atom is 0.329 e. The summed E-state index contributed by atoms with van der Waals surface area (Å²) < 4.78 is 9.30. The third kappa shape index (κ3) is 4.51. The first-order chi connectivity index (χ1) is 13.9. The molecule has 0 fully saturated rings. The molecule has 10 heteroatoms. The molecule has 1 aromatic carbocycles. The molecule has 2 aromatic rings. The van der Waals surface area contributed by atoms with Gasteiger partial charge in [0, 0.05) is 23.7 Å². The van der Waals surface area contributed by atoms with E-state index in [1.807, 2.05) is 6.07 Å². The lowest BCUT2D eigenvalue weighted by molar-refractivity contribution is -0.149. The number of aromatic amines is 1. The molecule has 2 amide bonds. The van der Waals surface area contributed by atoms with Crippen molar-refractivity contribution in [2.45, 2.75) is 24.9 Å². The van der Waals surface area contributed by atoms with Crippen molar-refractivity contribution >= 4 is 29.6 Å². The molecule has 2 N–H and O–H groups in total. The molecule has 154 valence electrons. The fourth-order valence-electron chi connectivity index (χ4n) is 3.33. The molecule has 0 spiro atoms. The van der Waals surface area contributed by atoms with Crippen molar-refractivity contribution in [3.8, 4) is 0 Å². The lowest BCUT2D eigenvalue weighted by Gasteiger charge is -2.36. The van der Waals surface area contributed by atoms with Crippen LogP contribution >= 0.6 is 11.6 Å². The third-order valence-corrected chi connectivity index (χ3v) is 4.97. The first kappa shape index (κ1) is 20.7. The fourth-order valence-corrected chi connectivity index (χ4v) is 3.53. The van der Waals surface area contributed by atoms with Crippen LogP contribution in [0.2, 0.25) is 5.02 Å². The highest BCUT2D eigenvalue weighted by atomic mass is 35.5. The fraction of sp³-hybridized carbons (Fsp3) is 0.368. The molecule has 1 aliphatic rings. The summed E-state index contributed by atoms with van der Waals surface area (Å²) in [6.45, 7) is 0.379. The summed E-state index contributed by atoms with van der Waals surface area (Å²) in [6.07, 6.45) is 1.82. The zero-order valence-electron chi connectivity index (χ0n) is 16.0. The molecule has 3 rings (SSSR count). The second kappa shape index (κ2) is 8.95. The minimum absolute atomic E-state index is 0.335. The molecule has 0 saturated carbocycles. The van der Waals surface area contributed by atoms with E-state index in [1.165, 1.54) is 14.2 Å². The molecular formula is C19H21ClN4O5. The zero-order chi connectivity index (χ0) is 21.0. The van der Waals surface area contributed by atoms with Crippen molar-refractivity contribution in [3.05, 3.63) is 52.6 Å². The lowest BCUT2D eigenvalue weighted by atomic mass is 9.96. The van der Waals surface area contributed by atoms with E-state index in [0.717, 1.165) is 11.3 Å². The molecular weight excluding hydrogens is 400 g/mol. The topological polar surface area (TPSA) is 114 Å². The number of nitrogens with one attached hydrogen (secondary N) is 2. The van der Waals surface area contributed by atoms with Gasteiger partial charge in [0.1, 0.15) is 12.1 Å². The van der Waals surface area contributed by atoms with Crippen LogP contribution in [0.4, 0.5) is 4.79 Å². The number of fused-ring (bicyclic) bond motifs is 1. The largest absolute Gasteiger partial charge is 0.469 e. The van der Waals surface area contributed by atoms with Gasteiger partial charge in [-0.05, 0) is 17.7 Å². The van der Waals surface area contributed by atoms with Gasteiger partial charge in [0.15, 0.2) is 0 Å². The average molecular weight is 421 g/mol. The maximum atomic E-state index is 13.1. The monoisotopic (exact) mass is 420 g/mol. The average Bonchev–Trinajstić information content (AvgIpc) is 3.20. The summed E-state index contributed by atoms with van der Waals surface area (Å²) in [5.41, 5.74) is 2.41. The van der Waals surface area contributed by atoms with E-state index in [-0.39, 0.29) is 6.42 Å². The molecule has 0 aliphatic carbocycles. The van der Waals surface area contributed by atoms with Gasteiger partial charge in [-0.15, -0.1) is 0 Å². The molecule has 0 unspecified atom stereocenters. The quantitative estimate of drug-likeness (QED) is 0.713. The van der Waals surface area contributed by atoms with Crippen molar-refractivity contribution in [2.24, 2.45) is 0 Å².